The summed E-state index contributed by atoms with van der Waals surface area (Å²) in [5.41, 5.74) is 8.14. The van der Waals surface area contributed by atoms with Crippen molar-refractivity contribution >= 4 is 5.82 Å². The summed E-state index contributed by atoms with van der Waals surface area (Å²) in [5.74, 6) is 0.673. The second kappa shape index (κ2) is 3.03. The molecule has 72 valence electrons. The van der Waals surface area contributed by atoms with Crippen molar-refractivity contribution in [1.82, 2.24) is 9.78 Å². The van der Waals surface area contributed by atoms with Crippen molar-refractivity contribution in [2.24, 2.45) is 0 Å². The van der Waals surface area contributed by atoms with E-state index in [9.17, 15) is 0 Å². The number of aromatic nitrogens is 2. The van der Waals surface area contributed by atoms with Crippen molar-refractivity contribution in [2.75, 3.05) is 12.3 Å². The molecule has 0 radical (unpaired) electrons. The highest BCUT2D eigenvalue weighted by atomic mass is 16.5. The zero-order valence-electron chi connectivity index (χ0n) is 8.08. The van der Waals surface area contributed by atoms with E-state index in [4.69, 9.17) is 10.5 Å². The molecule has 0 spiro atoms. The van der Waals surface area contributed by atoms with Gasteiger partial charge in [-0.2, -0.15) is 5.10 Å². The van der Waals surface area contributed by atoms with E-state index in [1.165, 1.54) is 5.56 Å². The minimum Gasteiger partial charge on any atom is -0.382 e. The molecule has 0 bridgehead atoms. The van der Waals surface area contributed by atoms with Crippen LogP contribution in [0.5, 0.6) is 0 Å². The molecular weight excluding hydrogens is 166 g/mol. The van der Waals surface area contributed by atoms with Crippen molar-refractivity contribution in [3.63, 3.8) is 0 Å². The summed E-state index contributed by atoms with van der Waals surface area (Å²) in [6, 6.07) is 0.354. The molecule has 2 rings (SSSR count). The molecule has 0 aliphatic carbocycles. The Bertz CT molecular complexity index is 317. The van der Waals surface area contributed by atoms with Gasteiger partial charge < -0.3 is 10.5 Å². The normalized spacial score (nSPS) is 16.2. The monoisotopic (exact) mass is 181 g/mol. The van der Waals surface area contributed by atoms with Crippen LogP contribution in [0.1, 0.15) is 31.1 Å². The molecule has 2 N–H and O–H groups in total. The molecule has 1 aliphatic heterocycles. The van der Waals surface area contributed by atoms with Crippen molar-refractivity contribution in [2.45, 2.75) is 32.9 Å². The summed E-state index contributed by atoms with van der Waals surface area (Å²) in [7, 11) is 0. The van der Waals surface area contributed by atoms with E-state index in [1.807, 2.05) is 4.68 Å². The summed E-state index contributed by atoms with van der Waals surface area (Å²) in [6.45, 7) is 5.61. The van der Waals surface area contributed by atoms with Gasteiger partial charge in [0.2, 0.25) is 0 Å². The molecule has 1 aromatic rings. The summed E-state index contributed by atoms with van der Waals surface area (Å²) < 4.78 is 7.35. The van der Waals surface area contributed by atoms with Gasteiger partial charge in [-0.1, -0.05) is 0 Å². The maximum atomic E-state index is 5.81. The van der Waals surface area contributed by atoms with Crippen LogP contribution in [0.3, 0.4) is 0 Å². The van der Waals surface area contributed by atoms with Gasteiger partial charge in [-0.3, -0.25) is 4.68 Å². The Kier molecular flexibility index (Phi) is 2.00. The number of fused-ring (bicyclic) bond motifs is 1. The van der Waals surface area contributed by atoms with Crippen LogP contribution >= 0.6 is 0 Å². The molecule has 4 nitrogen and oxygen atoms in total. The van der Waals surface area contributed by atoms with Crippen LogP contribution < -0.4 is 5.73 Å². The van der Waals surface area contributed by atoms with E-state index in [1.54, 1.807) is 0 Å². The number of nitrogen functional groups attached to an aromatic ring is 1. The second-order valence-electron chi connectivity index (χ2n) is 3.65. The topological polar surface area (TPSA) is 53.1 Å². The lowest BCUT2D eigenvalue weighted by Gasteiger charge is -2.16. The summed E-state index contributed by atoms with van der Waals surface area (Å²) in [4.78, 5) is 0. The average Bonchev–Trinajstić information content (AvgIpc) is 2.45. The molecule has 0 amide bonds. The Hall–Kier alpha value is -1.03. The van der Waals surface area contributed by atoms with E-state index in [2.05, 4.69) is 18.9 Å². The summed E-state index contributed by atoms with van der Waals surface area (Å²) in [6.07, 6.45) is 0.897. The summed E-state index contributed by atoms with van der Waals surface area (Å²) in [5, 5.41) is 4.31. The quantitative estimate of drug-likeness (QED) is 0.706. The van der Waals surface area contributed by atoms with Crippen molar-refractivity contribution in [1.29, 1.82) is 0 Å². The lowest BCUT2D eigenvalue weighted by atomic mass is 10.1. The maximum absolute atomic E-state index is 5.81. The highest BCUT2D eigenvalue weighted by molar-refractivity contribution is 5.43. The van der Waals surface area contributed by atoms with E-state index in [-0.39, 0.29) is 0 Å². The van der Waals surface area contributed by atoms with Crippen LogP contribution in [0.15, 0.2) is 0 Å². The third-order valence-corrected chi connectivity index (χ3v) is 2.37. The number of ether oxygens (including phenoxy) is 1. The van der Waals surface area contributed by atoms with E-state index in [0.29, 0.717) is 18.5 Å². The van der Waals surface area contributed by atoms with Crippen LogP contribution in [0.2, 0.25) is 0 Å². The maximum Gasteiger partial charge on any atom is 0.149 e. The SMILES string of the molecule is CC(C)n1nc(N)c2c1COCC2. The Morgan fingerprint density at radius 2 is 2.31 bits per heavy atom. The van der Waals surface area contributed by atoms with Gasteiger partial charge in [0.1, 0.15) is 5.82 Å². The molecule has 0 saturated carbocycles. The van der Waals surface area contributed by atoms with E-state index in [0.717, 1.165) is 18.7 Å². The van der Waals surface area contributed by atoms with Gasteiger partial charge in [0, 0.05) is 18.0 Å². The van der Waals surface area contributed by atoms with Crippen molar-refractivity contribution < 1.29 is 4.74 Å². The first kappa shape index (κ1) is 8.56. The molecule has 0 fully saturated rings. The zero-order chi connectivity index (χ0) is 9.42. The molecule has 0 atom stereocenters. The molecule has 13 heavy (non-hydrogen) atoms. The van der Waals surface area contributed by atoms with E-state index >= 15 is 0 Å². The van der Waals surface area contributed by atoms with Gasteiger partial charge in [0.05, 0.1) is 18.9 Å². The molecule has 4 heteroatoms. The Balaban J connectivity index is 2.47. The van der Waals surface area contributed by atoms with Crippen LogP contribution in [0.4, 0.5) is 5.82 Å². The van der Waals surface area contributed by atoms with Crippen LogP contribution in [0, 0.1) is 0 Å². The average molecular weight is 181 g/mol. The standard InChI is InChI=1S/C9H15N3O/c1-6(2)12-8-5-13-4-3-7(8)9(10)11-12/h6H,3-5H2,1-2H3,(H2,10,11). The number of hydrogen-bond donors (Lipinski definition) is 1. The Morgan fingerprint density at radius 1 is 1.54 bits per heavy atom. The van der Waals surface area contributed by atoms with Crippen LogP contribution in [-0.4, -0.2) is 16.4 Å². The molecule has 0 unspecified atom stereocenters. The minimum atomic E-state index is 0.354. The molecule has 0 saturated heterocycles. The fourth-order valence-electron chi connectivity index (χ4n) is 1.72. The number of rotatable bonds is 1. The zero-order valence-corrected chi connectivity index (χ0v) is 8.08. The van der Waals surface area contributed by atoms with Gasteiger partial charge in [-0.05, 0) is 13.8 Å². The van der Waals surface area contributed by atoms with Crippen LogP contribution in [0.25, 0.3) is 0 Å². The predicted molar refractivity (Wildman–Crippen MR) is 50.4 cm³/mol. The van der Waals surface area contributed by atoms with Crippen LogP contribution in [-0.2, 0) is 17.8 Å². The third-order valence-electron chi connectivity index (χ3n) is 2.37. The van der Waals surface area contributed by atoms with Crippen molar-refractivity contribution in [3.8, 4) is 0 Å². The lowest BCUT2D eigenvalue weighted by Crippen LogP contribution is -2.14. The molecule has 0 aromatic carbocycles. The Morgan fingerprint density at radius 3 is 3.00 bits per heavy atom. The second-order valence-corrected chi connectivity index (χ2v) is 3.65. The molecule has 2 heterocycles. The molecular formula is C9H15N3O. The number of hydrogen-bond acceptors (Lipinski definition) is 3. The smallest absolute Gasteiger partial charge is 0.149 e. The number of nitrogens with two attached hydrogens (primary N) is 1. The minimum absolute atomic E-state index is 0.354. The number of anilines is 1. The largest absolute Gasteiger partial charge is 0.382 e. The van der Waals surface area contributed by atoms with Gasteiger partial charge >= 0.3 is 0 Å². The third kappa shape index (κ3) is 1.31. The number of nitrogens with zero attached hydrogens (tertiary/aromatic N) is 2. The van der Waals surface area contributed by atoms with Gasteiger partial charge in [0.25, 0.3) is 0 Å². The van der Waals surface area contributed by atoms with Gasteiger partial charge in [-0.25, -0.2) is 0 Å². The lowest BCUT2D eigenvalue weighted by molar-refractivity contribution is 0.103. The highest BCUT2D eigenvalue weighted by Gasteiger charge is 2.20. The summed E-state index contributed by atoms with van der Waals surface area (Å²) >= 11 is 0. The predicted octanol–water partition coefficient (Wildman–Crippen LogP) is 1.12. The first-order valence-corrected chi connectivity index (χ1v) is 4.63. The Labute approximate surface area is 77.7 Å². The molecule has 1 aliphatic rings. The highest BCUT2D eigenvalue weighted by Crippen LogP contribution is 2.24. The van der Waals surface area contributed by atoms with Crippen molar-refractivity contribution in [3.05, 3.63) is 11.3 Å². The van der Waals surface area contributed by atoms with E-state index < -0.39 is 0 Å². The fraction of sp³-hybridized carbons (Fsp3) is 0.667. The first-order chi connectivity index (χ1) is 6.20. The van der Waals surface area contributed by atoms with Gasteiger partial charge in [0.15, 0.2) is 0 Å². The first-order valence-electron chi connectivity index (χ1n) is 4.63. The fourth-order valence-corrected chi connectivity index (χ4v) is 1.72. The van der Waals surface area contributed by atoms with Gasteiger partial charge in [-0.15, -0.1) is 0 Å². The molecule has 1 aromatic heterocycles.